The van der Waals surface area contributed by atoms with Crippen molar-refractivity contribution in [3.05, 3.63) is 46.8 Å². The van der Waals surface area contributed by atoms with Crippen molar-refractivity contribution < 1.29 is 9.53 Å². The van der Waals surface area contributed by atoms with Crippen molar-refractivity contribution in [2.45, 2.75) is 46.2 Å². The first-order valence-corrected chi connectivity index (χ1v) is 9.35. The number of hydrogen-bond donors (Lipinski definition) is 3. The molecule has 26 heavy (non-hydrogen) atoms. The van der Waals surface area contributed by atoms with Gasteiger partial charge in [0.2, 0.25) is 0 Å². The molecule has 0 aliphatic carbocycles. The van der Waals surface area contributed by atoms with E-state index < -0.39 is 0 Å². The molecule has 0 fully saturated rings. The number of carbonyl (C=O) groups excluding carboxylic acids is 1. The quantitative estimate of drug-likeness (QED) is 0.713. The third-order valence-electron chi connectivity index (χ3n) is 4.71. The van der Waals surface area contributed by atoms with E-state index in [1.807, 2.05) is 31.2 Å². The van der Waals surface area contributed by atoms with Gasteiger partial charge < -0.3 is 15.4 Å². The Morgan fingerprint density at radius 2 is 2.04 bits per heavy atom. The summed E-state index contributed by atoms with van der Waals surface area (Å²) in [5, 5.41) is 13.5. The maximum atomic E-state index is 12.6. The number of hydrogen-bond acceptors (Lipinski definition) is 4. The van der Waals surface area contributed by atoms with Crippen LogP contribution < -0.4 is 15.4 Å². The van der Waals surface area contributed by atoms with E-state index in [1.54, 1.807) is 0 Å². The predicted molar refractivity (Wildman–Crippen MR) is 101 cm³/mol. The Kier molecular flexibility index (Phi) is 5.93. The molecule has 0 radical (unpaired) electrons. The lowest BCUT2D eigenvalue weighted by Crippen LogP contribution is -2.30. The van der Waals surface area contributed by atoms with Crippen molar-refractivity contribution >= 4 is 5.91 Å². The number of aromatic nitrogens is 2. The molecule has 3 rings (SSSR count). The highest BCUT2D eigenvalue weighted by atomic mass is 16.5. The zero-order chi connectivity index (χ0) is 18.5. The van der Waals surface area contributed by atoms with Crippen LogP contribution >= 0.6 is 0 Å². The minimum absolute atomic E-state index is 0.101. The van der Waals surface area contributed by atoms with Crippen LogP contribution in [0.5, 0.6) is 5.75 Å². The largest absolute Gasteiger partial charge is 0.494 e. The van der Waals surface area contributed by atoms with Gasteiger partial charge in [0, 0.05) is 30.8 Å². The Morgan fingerprint density at radius 3 is 2.77 bits per heavy atom. The summed E-state index contributed by atoms with van der Waals surface area (Å²) in [5.74, 6) is 1.35. The first-order valence-electron chi connectivity index (χ1n) is 9.35. The second-order valence-corrected chi connectivity index (χ2v) is 7.25. The molecule has 6 heteroatoms. The molecular formula is C20H28N4O2. The van der Waals surface area contributed by atoms with Gasteiger partial charge in [-0.15, -0.1) is 0 Å². The normalized spacial score (nSPS) is 14.8. The molecule has 1 aliphatic heterocycles. The number of aromatic amines is 1. The van der Waals surface area contributed by atoms with Crippen LogP contribution in [-0.2, 0) is 13.0 Å². The summed E-state index contributed by atoms with van der Waals surface area (Å²) < 4.78 is 5.75. The summed E-state index contributed by atoms with van der Waals surface area (Å²) >= 11 is 0. The van der Waals surface area contributed by atoms with E-state index in [9.17, 15) is 4.79 Å². The molecule has 1 aliphatic rings. The lowest BCUT2D eigenvalue weighted by atomic mass is 10.1. The lowest BCUT2D eigenvalue weighted by Gasteiger charge is -2.16. The van der Waals surface area contributed by atoms with E-state index in [0.29, 0.717) is 18.2 Å². The monoisotopic (exact) mass is 356 g/mol. The molecule has 140 valence electrons. The van der Waals surface area contributed by atoms with Gasteiger partial charge in [-0.3, -0.25) is 9.89 Å². The number of fused-ring (bicyclic) bond motifs is 1. The van der Waals surface area contributed by atoms with Gasteiger partial charge >= 0.3 is 0 Å². The van der Waals surface area contributed by atoms with Gasteiger partial charge in [-0.05, 0) is 37.0 Å². The standard InChI is InChI=1S/C20H28N4O2/c1-13(2)9-11-26-16-6-4-15(5-7-16)14(3)22-20(25)19-17-12-21-10-8-18(17)23-24-19/h4-7,13-14,21H,8-12H2,1-3H3,(H,22,25)(H,23,24). The highest BCUT2D eigenvalue weighted by molar-refractivity contribution is 5.94. The third-order valence-corrected chi connectivity index (χ3v) is 4.71. The molecule has 1 amide bonds. The molecule has 0 saturated carbocycles. The highest BCUT2D eigenvalue weighted by Crippen LogP contribution is 2.20. The van der Waals surface area contributed by atoms with Crippen LogP contribution in [0.25, 0.3) is 0 Å². The van der Waals surface area contributed by atoms with E-state index in [4.69, 9.17) is 4.74 Å². The van der Waals surface area contributed by atoms with Crippen molar-refractivity contribution in [1.29, 1.82) is 0 Å². The fraction of sp³-hybridized carbons (Fsp3) is 0.500. The van der Waals surface area contributed by atoms with Crippen molar-refractivity contribution in [3.63, 3.8) is 0 Å². The molecule has 0 bridgehead atoms. The van der Waals surface area contributed by atoms with Crippen LogP contribution in [0.1, 0.15) is 60.5 Å². The summed E-state index contributed by atoms with van der Waals surface area (Å²) in [6.07, 6.45) is 1.92. The molecule has 0 saturated heterocycles. The maximum Gasteiger partial charge on any atom is 0.272 e. The fourth-order valence-electron chi connectivity index (χ4n) is 3.03. The van der Waals surface area contributed by atoms with E-state index in [0.717, 1.165) is 48.6 Å². The van der Waals surface area contributed by atoms with Crippen LogP contribution in [0.2, 0.25) is 0 Å². The number of carbonyl (C=O) groups is 1. The van der Waals surface area contributed by atoms with Crippen molar-refractivity contribution in [3.8, 4) is 5.75 Å². The first-order chi connectivity index (χ1) is 12.5. The van der Waals surface area contributed by atoms with Gasteiger partial charge in [-0.2, -0.15) is 5.10 Å². The van der Waals surface area contributed by atoms with Crippen LogP contribution in [0.4, 0.5) is 0 Å². The molecule has 1 unspecified atom stereocenters. The van der Waals surface area contributed by atoms with E-state index >= 15 is 0 Å². The number of nitrogens with one attached hydrogen (secondary N) is 3. The summed E-state index contributed by atoms with van der Waals surface area (Å²) in [5.41, 5.74) is 3.57. The van der Waals surface area contributed by atoms with Crippen LogP contribution in [0.3, 0.4) is 0 Å². The zero-order valence-electron chi connectivity index (χ0n) is 15.8. The molecule has 6 nitrogen and oxygen atoms in total. The van der Waals surface area contributed by atoms with Gasteiger partial charge in [-0.1, -0.05) is 26.0 Å². The summed E-state index contributed by atoms with van der Waals surface area (Å²) in [6, 6.07) is 7.81. The summed E-state index contributed by atoms with van der Waals surface area (Å²) in [6.45, 7) is 8.67. The molecule has 0 spiro atoms. The molecule has 1 aromatic carbocycles. The van der Waals surface area contributed by atoms with Gasteiger partial charge in [-0.25, -0.2) is 0 Å². The molecule has 2 heterocycles. The summed E-state index contributed by atoms with van der Waals surface area (Å²) in [4.78, 5) is 12.6. The van der Waals surface area contributed by atoms with E-state index in [1.165, 1.54) is 0 Å². The number of nitrogens with zero attached hydrogens (tertiary/aromatic N) is 1. The van der Waals surface area contributed by atoms with Crippen molar-refractivity contribution in [2.75, 3.05) is 13.2 Å². The number of amides is 1. The Labute approximate surface area is 154 Å². The van der Waals surface area contributed by atoms with Crippen LogP contribution in [0, 0.1) is 5.92 Å². The number of benzene rings is 1. The topological polar surface area (TPSA) is 79.0 Å². The Morgan fingerprint density at radius 1 is 1.27 bits per heavy atom. The lowest BCUT2D eigenvalue weighted by molar-refractivity contribution is 0.0933. The number of ether oxygens (including phenoxy) is 1. The Bertz CT molecular complexity index is 737. The van der Waals surface area contributed by atoms with Gasteiger partial charge in [0.15, 0.2) is 5.69 Å². The number of rotatable bonds is 7. The predicted octanol–water partition coefficient (Wildman–Crippen LogP) is 2.97. The van der Waals surface area contributed by atoms with Crippen molar-refractivity contribution in [1.82, 2.24) is 20.8 Å². The summed E-state index contributed by atoms with van der Waals surface area (Å²) in [7, 11) is 0. The zero-order valence-corrected chi connectivity index (χ0v) is 15.8. The van der Waals surface area contributed by atoms with Crippen LogP contribution in [0.15, 0.2) is 24.3 Å². The molecule has 1 atom stereocenters. The van der Waals surface area contributed by atoms with Gasteiger partial charge in [0.05, 0.1) is 12.6 Å². The molecular weight excluding hydrogens is 328 g/mol. The van der Waals surface area contributed by atoms with Gasteiger partial charge in [0.1, 0.15) is 5.75 Å². The number of H-pyrrole nitrogens is 1. The highest BCUT2D eigenvalue weighted by Gasteiger charge is 2.22. The minimum atomic E-state index is -0.143. The van der Waals surface area contributed by atoms with Crippen LogP contribution in [-0.4, -0.2) is 29.3 Å². The third kappa shape index (κ3) is 4.43. The van der Waals surface area contributed by atoms with Crippen molar-refractivity contribution in [2.24, 2.45) is 5.92 Å². The second kappa shape index (κ2) is 8.36. The molecule has 1 aromatic heterocycles. The maximum absolute atomic E-state index is 12.6. The average molecular weight is 356 g/mol. The smallest absolute Gasteiger partial charge is 0.272 e. The molecule has 2 aromatic rings. The Hall–Kier alpha value is -2.34. The second-order valence-electron chi connectivity index (χ2n) is 7.25. The Balaban J connectivity index is 1.58. The minimum Gasteiger partial charge on any atom is -0.494 e. The SMILES string of the molecule is CC(C)CCOc1ccc(C(C)NC(=O)c2n[nH]c3c2CNCC3)cc1. The molecule has 3 N–H and O–H groups in total. The van der Waals surface area contributed by atoms with E-state index in [-0.39, 0.29) is 11.9 Å². The van der Waals surface area contributed by atoms with E-state index in [2.05, 4.69) is 34.7 Å². The fourth-order valence-corrected chi connectivity index (χ4v) is 3.03. The van der Waals surface area contributed by atoms with Gasteiger partial charge in [0.25, 0.3) is 5.91 Å². The average Bonchev–Trinajstić information content (AvgIpc) is 3.06. The first kappa shape index (κ1) is 18.5.